The van der Waals surface area contributed by atoms with Crippen LogP contribution in [0.25, 0.3) is 0 Å². The topological polar surface area (TPSA) is 52.9 Å². The summed E-state index contributed by atoms with van der Waals surface area (Å²) >= 11 is 0. The zero-order chi connectivity index (χ0) is 15.5. The van der Waals surface area contributed by atoms with Crippen LogP contribution in [0.5, 0.6) is 11.5 Å². The van der Waals surface area contributed by atoms with Crippen molar-refractivity contribution in [1.82, 2.24) is 4.90 Å². The highest BCUT2D eigenvalue weighted by atomic mass is 16.5. The Morgan fingerprint density at radius 3 is 2.77 bits per heavy atom. The number of likely N-dealkylation sites (tertiary alicyclic amines) is 1. The van der Waals surface area contributed by atoms with E-state index < -0.39 is 5.60 Å². The molecule has 1 saturated heterocycles. The van der Waals surface area contributed by atoms with Crippen molar-refractivity contribution in [2.24, 2.45) is 0 Å². The molecule has 0 spiro atoms. The summed E-state index contributed by atoms with van der Waals surface area (Å²) in [5, 5.41) is 22.5. The molecule has 1 heterocycles. The fourth-order valence-electron chi connectivity index (χ4n) is 5.47. The van der Waals surface area contributed by atoms with Crippen molar-refractivity contribution in [3.63, 3.8) is 0 Å². The van der Waals surface area contributed by atoms with Gasteiger partial charge in [0, 0.05) is 17.0 Å². The van der Waals surface area contributed by atoms with Gasteiger partial charge >= 0.3 is 0 Å². The summed E-state index contributed by atoms with van der Waals surface area (Å²) in [5.74, 6) is 0.779. The van der Waals surface area contributed by atoms with Gasteiger partial charge in [-0.15, -0.1) is 0 Å². The van der Waals surface area contributed by atoms with E-state index in [1.807, 2.05) is 6.07 Å². The number of phenols is 1. The Morgan fingerprint density at radius 2 is 2.00 bits per heavy atom. The zero-order valence-corrected chi connectivity index (χ0v) is 13.4. The SMILES string of the molecule is COc1ccc2c(c1O)C13CCCCC1(O)C(C2)N(C)CC3. The first kappa shape index (κ1) is 14.3. The number of ether oxygens (including phenoxy) is 1. The quantitative estimate of drug-likeness (QED) is 0.835. The number of likely N-dealkylation sites (N-methyl/N-ethyl adjacent to an activating group) is 1. The lowest BCUT2D eigenvalue weighted by Gasteiger charge is -2.63. The first-order chi connectivity index (χ1) is 10.5. The number of phenolic OH excluding ortho intramolecular Hbond substituents is 1. The number of aliphatic hydroxyl groups is 1. The molecule has 0 radical (unpaired) electrons. The van der Waals surface area contributed by atoms with Crippen molar-refractivity contribution in [3.05, 3.63) is 23.3 Å². The van der Waals surface area contributed by atoms with Gasteiger partial charge < -0.3 is 19.8 Å². The van der Waals surface area contributed by atoms with Crippen molar-refractivity contribution >= 4 is 0 Å². The van der Waals surface area contributed by atoms with Crippen molar-refractivity contribution in [2.45, 2.75) is 55.6 Å². The van der Waals surface area contributed by atoms with Crippen LogP contribution in [0, 0.1) is 0 Å². The molecule has 4 rings (SSSR count). The molecule has 2 fully saturated rings. The summed E-state index contributed by atoms with van der Waals surface area (Å²) in [6.07, 6.45) is 5.70. The number of rotatable bonds is 1. The van der Waals surface area contributed by atoms with E-state index in [9.17, 15) is 10.2 Å². The van der Waals surface area contributed by atoms with E-state index in [1.165, 1.54) is 5.56 Å². The lowest BCUT2D eigenvalue weighted by Crippen LogP contribution is -2.71. The Bertz CT molecular complexity index is 617. The van der Waals surface area contributed by atoms with Gasteiger partial charge in [-0.3, -0.25) is 0 Å². The normalized spacial score (nSPS) is 37.3. The molecule has 3 atom stereocenters. The lowest BCUT2D eigenvalue weighted by molar-refractivity contribution is -0.161. The molecule has 3 aliphatic rings. The van der Waals surface area contributed by atoms with E-state index in [0.717, 1.165) is 50.6 Å². The van der Waals surface area contributed by atoms with Crippen molar-refractivity contribution < 1.29 is 14.9 Å². The highest BCUT2D eigenvalue weighted by Gasteiger charge is 2.63. The van der Waals surface area contributed by atoms with Crippen molar-refractivity contribution in [1.29, 1.82) is 0 Å². The van der Waals surface area contributed by atoms with E-state index in [4.69, 9.17) is 4.74 Å². The van der Waals surface area contributed by atoms with Gasteiger partial charge in [0.1, 0.15) is 0 Å². The highest BCUT2D eigenvalue weighted by molar-refractivity contribution is 5.58. The van der Waals surface area contributed by atoms with E-state index in [-0.39, 0.29) is 17.2 Å². The van der Waals surface area contributed by atoms with Gasteiger partial charge in [0.2, 0.25) is 0 Å². The molecular weight excluding hydrogens is 278 g/mol. The van der Waals surface area contributed by atoms with Crippen LogP contribution in [0.1, 0.15) is 43.2 Å². The molecule has 1 aliphatic heterocycles. The number of hydrogen-bond acceptors (Lipinski definition) is 4. The predicted molar refractivity (Wildman–Crippen MR) is 84.5 cm³/mol. The number of methoxy groups -OCH3 is 1. The zero-order valence-electron chi connectivity index (χ0n) is 13.4. The second kappa shape index (κ2) is 4.62. The molecule has 22 heavy (non-hydrogen) atoms. The van der Waals surface area contributed by atoms with Crippen LogP contribution >= 0.6 is 0 Å². The molecule has 1 saturated carbocycles. The van der Waals surface area contributed by atoms with Crippen molar-refractivity contribution in [2.75, 3.05) is 20.7 Å². The van der Waals surface area contributed by atoms with Crippen LogP contribution in [0.4, 0.5) is 0 Å². The maximum absolute atomic E-state index is 11.7. The minimum absolute atomic E-state index is 0.154. The number of fused-ring (bicyclic) bond motifs is 1. The molecule has 3 unspecified atom stereocenters. The second-order valence-corrected chi connectivity index (χ2v) is 7.31. The average Bonchev–Trinajstić information content (AvgIpc) is 2.51. The van der Waals surface area contributed by atoms with Crippen LogP contribution in [-0.2, 0) is 11.8 Å². The fraction of sp³-hybridized carbons (Fsp3) is 0.667. The molecule has 0 aromatic heterocycles. The largest absolute Gasteiger partial charge is 0.504 e. The van der Waals surface area contributed by atoms with E-state index in [2.05, 4.69) is 18.0 Å². The molecule has 4 nitrogen and oxygen atoms in total. The second-order valence-electron chi connectivity index (χ2n) is 7.31. The summed E-state index contributed by atoms with van der Waals surface area (Å²) in [4.78, 5) is 2.31. The maximum Gasteiger partial charge on any atom is 0.161 e. The highest BCUT2D eigenvalue weighted by Crippen LogP contribution is 2.60. The standard InChI is InChI=1S/C18H25NO3/c1-19-10-9-17-7-3-4-8-18(17,21)14(19)11-12-5-6-13(22-2)16(20)15(12)17/h5-6,14,20-21H,3-4,7-11H2,1-2H3. The maximum atomic E-state index is 11.7. The van der Waals surface area contributed by atoms with Gasteiger partial charge in [-0.1, -0.05) is 18.9 Å². The van der Waals surface area contributed by atoms with Gasteiger partial charge in [0.15, 0.2) is 11.5 Å². The first-order valence-electron chi connectivity index (χ1n) is 8.35. The number of hydrogen-bond donors (Lipinski definition) is 2. The predicted octanol–water partition coefficient (Wildman–Crippen LogP) is 2.20. The number of benzene rings is 1. The minimum Gasteiger partial charge on any atom is -0.504 e. The Balaban J connectivity index is 1.99. The minimum atomic E-state index is -0.727. The number of piperidine rings is 1. The first-order valence-corrected chi connectivity index (χ1v) is 8.35. The summed E-state index contributed by atoms with van der Waals surface area (Å²) in [6.45, 7) is 0.975. The molecule has 1 aromatic rings. The fourth-order valence-corrected chi connectivity index (χ4v) is 5.47. The summed E-state index contributed by atoms with van der Waals surface area (Å²) in [7, 11) is 3.71. The van der Waals surface area contributed by atoms with Crippen molar-refractivity contribution in [3.8, 4) is 11.5 Å². The summed E-state index contributed by atoms with van der Waals surface area (Å²) in [6, 6.07) is 4.09. The third-order valence-corrected chi connectivity index (χ3v) is 6.55. The Hall–Kier alpha value is -1.26. The molecule has 0 amide bonds. The molecular formula is C18H25NO3. The molecule has 2 aliphatic carbocycles. The molecule has 4 heteroatoms. The van der Waals surface area contributed by atoms with E-state index >= 15 is 0 Å². The smallest absolute Gasteiger partial charge is 0.161 e. The van der Waals surface area contributed by atoms with Crippen LogP contribution in [0.3, 0.4) is 0 Å². The number of aromatic hydroxyl groups is 1. The van der Waals surface area contributed by atoms with E-state index in [0.29, 0.717) is 5.75 Å². The summed E-state index contributed by atoms with van der Waals surface area (Å²) < 4.78 is 5.34. The van der Waals surface area contributed by atoms with Gasteiger partial charge in [-0.05, 0) is 50.9 Å². The van der Waals surface area contributed by atoms with Gasteiger partial charge in [-0.2, -0.15) is 0 Å². The van der Waals surface area contributed by atoms with Crippen LogP contribution in [0.15, 0.2) is 12.1 Å². The average molecular weight is 303 g/mol. The molecule has 120 valence electrons. The third-order valence-electron chi connectivity index (χ3n) is 6.55. The molecule has 2 bridgehead atoms. The van der Waals surface area contributed by atoms with Crippen LogP contribution < -0.4 is 4.74 Å². The lowest BCUT2D eigenvalue weighted by atomic mass is 9.49. The monoisotopic (exact) mass is 303 g/mol. The third kappa shape index (κ3) is 1.55. The number of nitrogens with zero attached hydrogens (tertiary/aromatic N) is 1. The van der Waals surface area contributed by atoms with Crippen LogP contribution in [0.2, 0.25) is 0 Å². The van der Waals surface area contributed by atoms with Gasteiger partial charge in [0.05, 0.1) is 12.7 Å². The Morgan fingerprint density at radius 1 is 1.23 bits per heavy atom. The van der Waals surface area contributed by atoms with Crippen LogP contribution in [-0.4, -0.2) is 47.5 Å². The van der Waals surface area contributed by atoms with E-state index in [1.54, 1.807) is 7.11 Å². The molecule has 1 aromatic carbocycles. The Labute approximate surface area is 131 Å². The van der Waals surface area contributed by atoms with Gasteiger partial charge in [0.25, 0.3) is 0 Å². The van der Waals surface area contributed by atoms with Gasteiger partial charge in [-0.25, -0.2) is 0 Å². The Kier molecular flexibility index (Phi) is 3.01. The molecule has 2 N–H and O–H groups in total. The summed E-state index contributed by atoms with van der Waals surface area (Å²) in [5.41, 5.74) is 1.11.